The molecule has 2 amide bonds. The molecule has 0 fully saturated rings. The Balaban J connectivity index is 1.59. The quantitative estimate of drug-likeness (QED) is 0.712. The zero-order valence-corrected chi connectivity index (χ0v) is 15.4. The minimum absolute atomic E-state index is 0.0287. The fraction of sp³-hybridized carbons (Fsp3) is 0.0909. The second kappa shape index (κ2) is 6.59. The Morgan fingerprint density at radius 2 is 1.41 bits per heavy atom. The number of hydrogen-bond acceptors (Lipinski definition) is 2. The van der Waals surface area contributed by atoms with E-state index in [2.05, 4.69) is 17.1 Å². The number of carbonyl (C=O) groups is 1. The van der Waals surface area contributed by atoms with Gasteiger partial charge in [-0.15, -0.1) is 0 Å². The third kappa shape index (κ3) is 2.71. The van der Waals surface area contributed by atoms with Crippen LogP contribution in [0, 0.1) is 0 Å². The first-order valence-corrected chi connectivity index (χ1v) is 9.78. The molecule has 5 rings (SSSR count). The molecule has 3 aromatic rings. The number of carbonyl (C=O) groups excluding carboxylic acids is 1. The number of nitrogens with one attached hydrogen (secondary N) is 1. The average Bonchev–Trinajstić information content (AvgIpc) is 3.22. The first-order chi connectivity index (χ1) is 13.3. The summed E-state index contributed by atoms with van der Waals surface area (Å²) in [5, 5.41) is 0. The van der Waals surface area contributed by atoms with Crippen molar-refractivity contribution < 1.29 is 9.79 Å². The van der Waals surface area contributed by atoms with Crippen molar-refractivity contribution in [1.29, 1.82) is 0 Å². The Morgan fingerprint density at radius 1 is 0.815 bits per heavy atom. The zero-order chi connectivity index (χ0) is 18.2. The van der Waals surface area contributed by atoms with Gasteiger partial charge in [0.15, 0.2) is 0 Å². The van der Waals surface area contributed by atoms with E-state index in [9.17, 15) is 4.79 Å². The third-order valence-corrected chi connectivity index (χ3v) is 5.93. The standard InChI is InChI=1S/C22H17N3OS/c26-22(24-15-14-23-21(24)16-8-2-1-3-9-16)25-17-10-4-6-12-19(17)27-20-13-7-5-11-18(20)25/h1-13H,14-15H2/p+1. The van der Waals surface area contributed by atoms with Crippen LogP contribution in [0.3, 0.4) is 0 Å². The van der Waals surface area contributed by atoms with Gasteiger partial charge in [0.25, 0.3) is 5.84 Å². The van der Waals surface area contributed by atoms with Gasteiger partial charge in [-0.25, -0.2) is 9.69 Å². The van der Waals surface area contributed by atoms with Crippen LogP contribution in [0.4, 0.5) is 16.2 Å². The Labute approximate surface area is 162 Å². The molecule has 2 heterocycles. The van der Waals surface area contributed by atoms with Crippen molar-refractivity contribution in [3.8, 4) is 0 Å². The van der Waals surface area contributed by atoms with Crippen molar-refractivity contribution in [3.63, 3.8) is 0 Å². The molecule has 0 bridgehead atoms. The van der Waals surface area contributed by atoms with Gasteiger partial charge in [0.05, 0.1) is 16.9 Å². The number of anilines is 2. The predicted octanol–water partition coefficient (Wildman–Crippen LogP) is 3.25. The summed E-state index contributed by atoms with van der Waals surface area (Å²) < 4.78 is 0. The van der Waals surface area contributed by atoms with Crippen molar-refractivity contribution in [3.05, 3.63) is 84.4 Å². The SMILES string of the molecule is O=C(N1CC[NH+]=C1c1ccccc1)N1c2ccccc2Sc2ccccc21. The number of hydrogen-bond donors (Lipinski definition) is 1. The minimum Gasteiger partial charge on any atom is -0.270 e. The summed E-state index contributed by atoms with van der Waals surface area (Å²) in [7, 11) is 0. The van der Waals surface area contributed by atoms with Crippen LogP contribution < -0.4 is 9.89 Å². The van der Waals surface area contributed by atoms with Crippen molar-refractivity contribution >= 4 is 35.0 Å². The summed E-state index contributed by atoms with van der Waals surface area (Å²) in [5.41, 5.74) is 2.90. The molecular weight excluding hydrogens is 354 g/mol. The molecule has 4 nitrogen and oxygen atoms in total. The van der Waals surface area contributed by atoms with Crippen molar-refractivity contribution in [2.24, 2.45) is 0 Å². The first-order valence-electron chi connectivity index (χ1n) is 8.97. The molecule has 0 saturated carbocycles. The molecule has 2 aliphatic rings. The van der Waals surface area contributed by atoms with Gasteiger partial charge in [0.1, 0.15) is 13.1 Å². The Bertz CT molecular complexity index is 1000. The van der Waals surface area contributed by atoms with E-state index in [0.29, 0.717) is 6.54 Å². The topological polar surface area (TPSA) is 37.5 Å². The molecule has 5 heteroatoms. The van der Waals surface area contributed by atoms with Gasteiger partial charge >= 0.3 is 6.03 Å². The number of amidine groups is 1. The van der Waals surface area contributed by atoms with E-state index in [1.807, 2.05) is 76.5 Å². The largest absolute Gasteiger partial charge is 0.420 e. The van der Waals surface area contributed by atoms with Crippen LogP contribution >= 0.6 is 11.8 Å². The second-order valence-corrected chi connectivity index (χ2v) is 7.53. The van der Waals surface area contributed by atoms with Crippen LogP contribution in [0.25, 0.3) is 0 Å². The summed E-state index contributed by atoms with van der Waals surface area (Å²) >= 11 is 1.71. The molecule has 0 unspecified atom stereocenters. The summed E-state index contributed by atoms with van der Waals surface area (Å²) in [5.74, 6) is 0.869. The van der Waals surface area contributed by atoms with Crippen LogP contribution in [0.15, 0.2) is 88.7 Å². The number of fused-ring (bicyclic) bond motifs is 2. The monoisotopic (exact) mass is 372 g/mol. The molecule has 0 atom stereocenters. The van der Waals surface area contributed by atoms with Crippen LogP contribution in [0.1, 0.15) is 5.56 Å². The maximum atomic E-state index is 13.7. The Hall–Kier alpha value is -3.05. The maximum Gasteiger partial charge on any atom is 0.420 e. The minimum atomic E-state index is -0.0287. The third-order valence-electron chi connectivity index (χ3n) is 4.80. The molecule has 3 aromatic carbocycles. The van der Waals surface area contributed by atoms with E-state index in [1.54, 1.807) is 11.8 Å². The van der Waals surface area contributed by atoms with Gasteiger partial charge in [-0.05, 0) is 36.4 Å². The molecule has 2 aliphatic heterocycles. The van der Waals surface area contributed by atoms with Crippen molar-refractivity contribution in [2.45, 2.75) is 9.79 Å². The fourth-order valence-corrected chi connectivity index (χ4v) is 4.63. The van der Waals surface area contributed by atoms with E-state index in [1.165, 1.54) is 0 Å². The normalized spacial score (nSPS) is 15.2. The van der Waals surface area contributed by atoms with Gasteiger partial charge in [-0.1, -0.05) is 54.2 Å². The van der Waals surface area contributed by atoms with Gasteiger partial charge in [-0.3, -0.25) is 4.99 Å². The highest BCUT2D eigenvalue weighted by Crippen LogP contribution is 2.48. The molecule has 0 radical (unpaired) electrons. The lowest BCUT2D eigenvalue weighted by atomic mass is 10.2. The number of amides is 2. The summed E-state index contributed by atoms with van der Waals surface area (Å²) in [6, 6.07) is 26.2. The van der Waals surface area contributed by atoms with E-state index in [4.69, 9.17) is 0 Å². The Kier molecular flexibility index (Phi) is 3.94. The molecule has 132 valence electrons. The Morgan fingerprint density at radius 3 is 2.07 bits per heavy atom. The first kappa shape index (κ1) is 16.1. The van der Waals surface area contributed by atoms with Gasteiger partial charge in [0, 0.05) is 9.79 Å². The fourth-order valence-electron chi connectivity index (χ4n) is 3.57. The summed E-state index contributed by atoms with van der Waals surface area (Å²) in [6.07, 6.45) is 0. The highest BCUT2D eigenvalue weighted by atomic mass is 32.2. The summed E-state index contributed by atoms with van der Waals surface area (Å²) in [6.45, 7) is 1.40. The van der Waals surface area contributed by atoms with Crippen LogP contribution in [-0.4, -0.2) is 29.9 Å². The highest BCUT2D eigenvalue weighted by Gasteiger charge is 2.40. The molecule has 27 heavy (non-hydrogen) atoms. The summed E-state index contributed by atoms with van der Waals surface area (Å²) in [4.78, 5) is 23.0. The van der Waals surface area contributed by atoms with E-state index in [-0.39, 0.29) is 6.03 Å². The van der Waals surface area contributed by atoms with Crippen molar-refractivity contribution in [1.82, 2.24) is 4.90 Å². The molecule has 0 aromatic heterocycles. The smallest absolute Gasteiger partial charge is 0.270 e. The van der Waals surface area contributed by atoms with Gasteiger partial charge in [-0.2, -0.15) is 4.90 Å². The number of benzene rings is 3. The number of urea groups is 1. The predicted molar refractivity (Wildman–Crippen MR) is 108 cm³/mol. The van der Waals surface area contributed by atoms with E-state index in [0.717, 1.165) is 39.1 Å². The number of para-hydroxylation sites is 2. The average molecular weight is 372 g/mol. The van der Waals surface area contributed by atoms with E-state index < -0.39 is 0 Å². The molecular formula is C22H18N3OS+. The molecule has 0 spiro atoms. The maximum absolute atomic E-state index is 13.7. The number of rotatable bonds is 1. The highest BCUT2D eigenvalue weighted by molar-refractivity contribution is 7.99. The lowest BCUT2D eigenvalue weighted by molar-refractivity contribution is -0.444. The number of nitrogens with zero attached hydrogens (tertiary/aromatic N) is 2. The van der Waals surface area contributed by atoms with Crippen LogP contribution in [0.5, 0.6) is 0 Å². The molecule has 0 aliphatic carbocycles. The lowest BCUT2D eigenvalue weighted by Gasteiger charge is -2.31. The molecule has 1 N–H and O–H groups in total. The lowest BCUT2D eigenvalue weighted by Crippen LogP contribution is -2.71. The zero-order valence-electron chi connectivity index (χ0n) is 14.6. The van der Waals surface area contributed by atoms with E-state index >= 15 is 0 Å². The van der Waals surface area contributed by atoms with Gasteiger partial charge in [0.2, 0.25) is 0 Å². The molecule has 0 saturated heterocycles. The van der Waals surface area contributed by atoms with Crippen LogP contribution in [-0.2, 0) is 0 Å². The second-order valence-electron chi connectivity index (χ2n) is 6.45. The van der Waals surface area contributed by atoms with Crippen LogP contribution in [0.2, 0.25) is 0 Å². The van der Waals surface area contributed by atoms with Crippen molar-refractivity contribution in [2.75, 3.05) is 18.0 Å². The van der Waals surface area contributed by atoms with Gasteiger partial charge < -0.3 is 0 Å².